The number of carbonyl (C=O) groups excluding carboxylic acids is 1. The number of nitrogens with two attached hydrogens (primary N) is 1. The third-order valence-electron chi connectivity index (χ3n) is 3.72. The van der Waals surface area contributed by atoms with Crippen LogP contribution in [-0.2, 0) is 4.79 Å². The maximum atomic E-state index is 12.2. The van der Waals surface area contributed by atoms with Crippen molar-refractivity contribution in [2.24, 2.45) is 0 Å². The van der Waals surface area contributed by atoms with Gasteiger partial charge in [-0.25, -0.2) is 0 Å². The number of hydrogen-bond acceptors (Lipinski definition) is 2. The Kier molecular flexibility index (Phi) is 8.21. The van der Waals surface area contributed by atoms with Gasteiger partial charge in [-0.05, 0) is 24.6 Å². The summed E-state index contributed by atoms with van der Waals surface area (Å²) >= 11 is 5.96. The van der Waals surface area contributed by atoms with Crippen molar-refractivity contribution in [3.63, 3.8) is 0 Å². The molecule has 2 N–H and O–H groups in total. The standard InChI is InChI=1S/C17H27ClN2O/c1-3-4-5-6-7-8-9-10-17(21)20(2)16-13-14(18)11-12-15(16)19/h11-13H,3-10,19H2,1-2H3. The second kappa shape index (κ2) is 9.67. The lowest BCUT2D eigenvalue weighted by Gasteiger charge is -2.19. The van der Waals surface area contributed by atoms with Crippen LogP contribution in [0.15, 0.2) is 18.2 Å². The number of halogens is 1. The van der Waals surface area contributed by atoms with Crippen LogP contribution in [0.3, 0.4) is 0 Å². The molecule has 0 saturated heterocycles. The lowest BCUT2D eigenvalue weighted by atomic mass is 10.1. The first-order valence-corrected chi connectivity index (χ1v) is 8.25. The Bertz CT molecular complexity index is 448. The molecule has 0 atom stereocenters. The largest absolute Gasteiger partial charge is 0.397 e. The molecule has 1 amide bonds. The van der Waals surface area contributed by atoms with Crippen molar-refractivity contribution < 1.29 is 4.79 Å². The zero-order chi connectivity index (χ0) is 15.7. The predicted molar refractivity (Wildman–Crippen MR) is 91.9 cm³/mol. The molecule has 1 aromatic carbocycles. The molecule has 0 fully saturated rings. The molecule has 1 aromatic rings. The van der Waals surface area contributed by atoms with Gasteiger partial charge < -0.3 is 10.6 Å². The minimum absolute atomic E-state index is 0.0949. The average Bonchev–Trinajstić information content (AvgIpc) is 2.48. The van der Waals surface area contributed by atoms with Crippen LogP contribution < -0.4 is 10.6 Å². The zero-order valence-corrected chi connectivity index (χ0v) is 14.0. The summed E-state index contributed by atoms with van der Waals surface area (Å²) in [6.45, 7) is 2.22. The van der Waals surface area contributed by atoms with Gasteiger partial charge in [0.15, 0.2) is 0 Å². The van der Waals surface area contributed by atoms with E-state index in [1.54, 1.807) is 30.1 Å². The molecule has 21 heavy (non-hydrogen) atoms. The number of hydrogen-bond donors (Lipinski definition) is 1. The van der Waals surface area contributed by atoms with Crippen LogP contribution in [0.2, 0.25) is 5.02 Å². The van der Waals surface area contributed by atoms with E-state index >= 15 is 0 Å². The van der Waals surface area contributed by atoms with Crippen molar-refractivity contribution in [3.05, 3.63) is 23.2 Å². The highest BCUT2D eigenvalue weighted by molar-refractivity contribution is 6.31. The summed E-state index contributed by atoms with van der Waals surface area (Å²) in [6.07, 6.45) is 9.01. The number of amides is 1. The smallest absolute Gasteiger partial charge is 0.226 e. The number of rotatable bonds is 9. The van der Waals surface area contributed by atoms with Gasteiger partial charge in [0.25, 0.3) is 0 Å². The number of nitrogens with zero attached hydrogens (tertiary/aromatic N) is 1. The first-order chi connectivity index (χ1) is 10.1. The Labute approximate surface area is 133 Å². The summed E-state index contributed by atoms with van der Waals surface area (Å²) in [5.41, 5.74) is 7.17. The van der Waals surface area contributed by atoms with Gasteiger partial charge in [0.05, 0.1) is 11.4 Å². The number of unbranched alkanes of at least 4 members (excludes halogenated alkanes) is 6. The summed E-state index contributed by atoms with van der Waals surface area (Å²) < 4.78 is 0. The van der Waals surface area contributed by atoms with E-state index in [4.69, 9.17) is 17.3 Å². The Morgan fingerprint density at radius 1 is 1.14 bits per heavy atom. The highest BCUT2D eigenvalue weighted by atomic mass is 35.5. The normalized spacial score (nSPS) is 10.6. The van der Waals surface area contributed by atoms with Gasteiger partial charge >= 0.3 is 0 Å². The van der Waals surface area contributed by atoms with Crippen LogP contribution in [0.25, 0.3) is 0 Å². The molecule has 1 rings (SSSR count). The van der Waals surface area contributed by atoms with Gasteiger partial charge in [0.1, 0.15) is 0 Å². The Morgan fingerprint density at radius 2 is 1.76 bits per heavy atom. The average molecular weight is 311 g/mol. The lowest BCUT2D eigenvalue weighted by molar-refractivity contribution is -0.118. The highest BCUT2D eigenvalue weighted by Crippen LogP contribution is 2.26. The van der Waals surface area contributed by atoms with Crippen LogP contribution in [0.5, 0.6) is 0 Å². The van der Waals surface area contributed by atoms with Crippen molar-refractivity contribution >= 4 is 28.9 Å². The van der Waals surface area contributed by atoms with Crippen molar-refractivity contribution in [1.82, 2.24) is 0 Å². The molecule has 0 aromatic heterocycles. The molecule has 0 radical (unpaired) electrons. The van der Waals surface area contributed by atoms with Gasteiger partial charge in [-0.15, -0.1) is 0 Å². The summed E-state index contributed by atoms with van der Waals surface area (Å²) in [5, 5.41) is 0.592. The predicted octanol–water partition coefficient (Wildman–Crippen LogP) is 5.03. The maximum absolute atomic E-state index is 12.2. The van der Waals surface area contributed by atoms with E-state index in [1.807, 2.05) is 0 Å². The van der Waals surface area contributed by atoms with Crippen molar-refractivity contribution in [3.8, 4) is 0 Å². The van der Waals surface area contributed by atoms with Crippen LogP contribution >= 0.6 is 11.6 Å². The van der Waals surface area contributed by atoms with E-state index in [0.717, 1.165) is 12.8 Å². The quantitative estimate of drug-likeness (QED) is 0.514. The Balaban J connectivity index is 2.33. The van der Waals surface area contributed by atoms with E-state index in [0.29, 0.717) is 22.8 Å². The van der Waals surface area contributed by atoms with Gasteiger partial charge in [0.2, 0.25) is 5.91 Å². The summed E-state index contributed by atoms with van der Waals surface area (Å²) in [4.78, 5) is 13.8. The van der Waals surface area contributed by atoms with Crippen LogP contribution in [0.1, 0.15) is 58.3 Å². The van der Waals surface area contributed by atoms with Crippen LogP contribution in [0, 0.1) is 0 Å². The van der Waals surface area contributed by atoms with E-state index in [-0.39, 0.29) is 5.91 Å². The minimum Gasteiger partial charge on any atom is -0.397 e. The van der Waals surface area contributed by atoms with E-state index in [1.165, 1.54) is 32.1 Å². The summed E-state index contributed by atoms with van der Waals surface area (Å²) in [5.74, 6) is 0.0949. The highest BCUT2D eigenvalue weighted by Gasteiger charge is 2.13. The number of benzene rings is 1. The lowest BCUT2D eigenvalue weighted by Crippen LogP contribution is -2.26. The van der Waals surface area contributed by atoms with Crippen molar-refractivity contribution in [1.29, 1.82) is 0 Å². The van der Waals surface area contributed by atoms with E-state index < -0.39 is 0 Å². The topological polar surface area (TPSA) is 46.3 Å². The van der Waals surface area contributed by atoms with Crippen LogP contribution in [0.4, 0.5) is 11.4 Å². The zero-order valence-electron chi connectivity index (χ0n) is 13.2. The Hall–Kier alpha value is -1.22. The molecule has 0 bridgehead atoms. The molecular weight excluding hydrogens is 284 g/mol. The molecule has 0 heterocycles. The molecular formula is C17H27ClN2O. The van der Waals surface area contributed by atoms with Gasteiger partial charge in [0, 0.05) is 18.5 Å². The SMILES string of the molecule is CCCCCCCCCC(=O)N(C)c1cc(Cl)ccc1N. The number of nitrogen functional groups attached to an aromatic ring is 1. The Morgan fingerprint density at radius 3 is 2.43 bits per heavy atom. The first-order valence-electron chi connectivity index (χ1n) is 7.87. The molecule has 118 valence electrons. The van der Waals surface area contributed by atoms with Crippen molar-refractivity contribution in [2.75, 3.05) is 17.7 Å². The number of carbonyl (C=O) groups is 1. The molecule has 0 aliphatic carbocycles. The summed E-state index contributed by atoms with van der Waals surface area (Å²) in [7, 11) is 1.76. The molecule has 3 nitrogen and oxygen atoms in total. The van der Waals surface area contributed by atoms with Crippen molar-refractivity contribution in [2.45, 2.75) is 58.3 Å². The van der Waals surface area contributed by atoms with Crippen LogP contribution in [-0.4, -0.2) is 13.0 Å². The van der Waals surface area contributed by atoms with Gasteiger partial charge in [-0.1, -0.05) is 57.0 Å². The monoisotopic (exact) mass is 310 g/mol. The van der Waals surface area contributed by atoms with Gasteiger partial charge in [-0.2, -0.15) is 0 Å². The fourth-order valence-electron chi connectivity index (χ4n) is 2.34. The maximum Gasteiger partial charge on any atom is 0.226 e. The molecule has 4 heteroatoms. The fraction of sp³-hybridized carbons (Fsp3) is 0.588. The number of anilines is 2. The third kappa shape index (κ3) is 6.38. The molecule has 0 saturated carbocycles. The van der Waals surface area contributed by atoms with Gasteiger partial charge in [-0.3, -0.25) is 4.79 Å². The fourth-order valence-corrected chi connectivity index (χ4v) is 2.51. The van der Waals surface area contributed by atoms with E-state index in [2.05, 4.69) is 6.92 Å². The molecule has 0 unspecified atom stereocenters. The third-order valence-corrected chi connectivity index (χ3v) is 3.96. The molecule has 0 spiro atoms. The molecule has 0 aliphatic heterocycles. The molecule has 0 aliphatic rings. The first kappa shape index (κ1) is 17.8. The van der Waals surface area contributed by atoms with E-state index in [9.17, 15) is 4.79 Å². The summed E-state index contributed by atoms with van der Waals surface area (Å²) in [6, 6.07) is 5.20. The second-order valence-electron chi connectivity index (χ2n) is 5.53. The minimum atomic E-state index is 0.0949. The second-order valence-corrected chi connectivity index (χ2v) is 5.96.